The van der Waals surface area contributed by atoms with E-state index < -0.39 is 37.6 Å². The molecule has 0 bridgehead atoms. The molecular weight excluding hydrogens is 290 g/mol. The summed E-state index contributed by atoms with van der Waals surface area (Å²) in [5.74, 6) is -4.57. The van der Waals surface area contributed by atoms with Gasteiger partial charge in [-0.1, -0.05) is 0 Å². The van der Waals surface area contributed by atoms with Crippen LogP contribution < -0.4 is 0 Å². The quantitative estimate of drug-likeness (QED) is 0.602. The standard InChI is InChI=1S/C2HF3O2.C2H3O2.Cu.3FH/c3-2(4,5)1(6)7;1-2(3)4;;;;/h(H,6,7);1H2,(H,3,4);;3*1H/q;;+3;;;/p-3. The van der Waals surface area contributed by atoms with E-state index >= 15 is 0 Å². The minimum atomic E-state index is -5.28. The van der Waals surface area contributed by atoms with Crippen molar-refractivity contribution in [2.24, 2.45) is 0 Å². The summed E-state index contributed by atoms with van der Waals surface area (Å²) >= 11 is -5.28. The van der Waals surface area contributed by atoms with Gasteiger partial charge in [-0.2, -0.15) is 13.2 Å². The van der Waals surface area contributed by atoms with Crippen molar-refractivity contribution in [3.8, 4) is 0 Å². The predicted octanol–water partition coefficient (Wildman–Crippen LogP) is 1.93. The normalized spacial score (nSPS) is 12.4. The van der Waals surface area contributed by atoms with Crippen LogP contribution in [0.1, 0.15) is 0 Å². The number of rotatable bonds is 2. The van der Waals surface area contributed by atoms with E-state index in [1.807, 2.05) is 0 Å². The fourth-order valence-electron chi connectivity index (χ4n) is 0.103. The summed E-state index contributed by atoms with van der Waals surface area (Å²) in [6.45, 7) is 0. The van der Waals surface area contributed by atoms with Crippen molar-refractivity contribution in [1.82, 2.24) is 0 Å². The second kappa shape index (κ2) is 5.81. The number of hydrogen-bond acceptors (Lipinski definition) is 2. The van der Waals surface area contributed by atoms with Crippen LogP contribution in [0.4, 0.5) is 23.8 Å². The monoisotopic (exact) mass is 293 g/mol. The van der Waals surface area contributed by atoms with Crippen LogP contribution in [0, 0.1) is 0 Å². The second-order valence-electron chi connectivity index (χ2n) is 1.67. The van der Waals surface area contributed by atoms with Crippen LogP contribution in [-0.2, 0) is 23.8 Å². The van der Waals surface area contributed by atoms with Crippen LogP contribution in [0.3, 0.4) is 0 Å². The number of hydrogen-bond donors (Lipinski definition) is 2. The van der Waals surface area contributed by atoms with Gasteiger partial charge in [-0.15, -0.1) is 0 Å². The number of carboxylic acids is 2. The zero-order chi connectivity index (χ0) is 12.9. The molecule has 0 radical (unpaired) electrons. The molecule has 2 N–H and O–H groups in total. The molecule has 0 rings (SSSR count). The van der Waals surface area contributed by atoms with E-state index in [9.17, 15) is 28.6 Å². The Morgan fingerprint density at radius 2 is 1.33 bits per heavy atom. The maximum atomic E-state index is 11.0. The summed E-state index contributed by atoms with van der Waals surface area (Å²) in [6.07, 6.45) is -5.08. The maximum absolute atomic E-state index is 11.0. The van der Waals surface area contributed by atoms with Crippen molar-refractivity contribution >= 4 is 11.9 Å². The van der Waals surface area contributed by atoms with Crippen molar-refractivity contribution in [2.75, 3.05) is 0 Å². The Morgan fingerprint density at radius 3 is 1.33 bits per heavy atom. The molecule has 11 heteroatoms. The summed E-state index contributed by atoms with van der Waals surface area (Å²) in [6, 6.07) is 0. The molecule has 0 spiro atoms. The third-order valence-corrected chi connectivity index (χ3v) is 1.12. The van der Waals surface area contributed by atoms with Gasteiger partial charge in [-0.3, -0.25) is 0 Å². The molecular formula is C4H4CuF6O4. The number of halogens is 6. The third kappa shape index (κ3) is 15.8. The fraction of sp³-hybridized carbons (Fsp3) is 0.500. The van der Waals surface area contributed by atoms with Crippen molar-refractivity contribution in [1.29, 1.82) is 0 Å². The second-order valence-corrected chi connectivity index (χ2v) is 3.17. The van der Waals surface area contributed by atoms with Crippen molar-refractivity contribution in [3.63, 3.8) is 0 Å². The first-order chi connectivity index (χ1) is 6.36. The van der Waals surface area contributed by atoms with Crippen molar-refractivity contribution in [2.45, 2.75) is 11.5 Å². The molecule has 0 aromatic heterocycles. The van der Waals surface area contributed by atoms with Gasteiger partial charge < -0.3 is 5.11 Å². The first kappa shape index (κ1) is 16.5. The molecule has 4 nitrogen and oxygen atoms in total. The van der Waals surface area contributed by atoms with Gasteiger partial charge in [-0.05, 0) is 0 Å². The molecule has 15 heavy (non-hydrogen) atoms. The summed E-state index contributed by atoms with van der Waals surface area (Å²) in [4.78, 5) is 18.2. The molecule has 0 aromatic rings. The Balaban J connectivity index is 0. The Labute approximate surface area is 82.1 Å². The molecule has 0 amide bonds. The average molecular weight is 294 g/mol. The summed E-state index contributed by atoms with van der Waals surface area (Å²) in [5.41, 5.74) is 0. The molecule has 0 unspecified atom stereocenters. The third-order valence-electron chi connectivity index (χ3n) is 0.455. The molecule has 0 aliphatic carbocycles. The van der Waals surface area contributed by atoms with Crippen LogP contribution in [0.15, 0.2) is 0 Å². The summed E-state index contributed by atoms with van der Waals surface area (Å²) in [7, 11) is 0. The van der Waals surface area contributed by atoms with Crippen molar-refractivity contribution in [3.05, 3.63) is 0 Å². The van der Waals surface area contributed by atoms with E-state index in [0.717, 1.165) is 0 Å². The number of alkyl halides is 3. The zero-order valence-electron chi connectivity index (χ0n) is 6.49. The molecule has 0 aliphatic rings. The Bertz CT molecular complexity index is 232. The first-order valence-corrected chi connectivity index (χ1v) is 4.31. The van der Waals surface area contributed by atoms with E-state index in [1.165, 1.54) is 0 Å². The number of carbonyl (C=O) groups is 2. The molecule has 0 saturated carbocycles. The van der Waals surface area contributed by atoms with Gasteiger partial charge in [0.2, 0.25) is 0 Å². The van der Waals surface area contributed by atoms with E-state index in [4.69, 9.17) is 15.0 Å². The van der Waals surface area contributed by atoms with Crippen LogP contribution in [-0.4, -0.2) is 28.3 Å². The van der Waals surface area contributed by atoms with Gasteiger partial charge in [-0.25, -0.2) is 4.79 Å². The van der Waals surface area contributed by atoms with Crippen LogP contribution in [0.25, 0.3) is 0 Å². The van der Waals surface area contributed by atoms with Crippen LogP contribution >= 0.6 is 0 Å². The molecule has 0 aromatic carbocycles. The Morgan fingerprint density at radius 1 is 1.07 bits per heavy atom. The van der Waals surface area contributed by atoms with Gasteiger partial charge in [0.15, 0.2) is 0 Å². The molecule has 0 heterocycles. The number of aliphatic carboxylic acids is 2. The molecule has 97 valence electrons. The van der Waals surface area contributed by atoms with E-state index in [0.29, 0.717) is 0 Å². The Kier molecular flexibility index (Phi) is 6.38. The molecule has 0 saturated heterocycles. The molecule has 0 atom stereocenters. The molecule has 0 fully saturated rings. The predicted molar refractivity (Wildman–Crippen MR) is 29.5 cm³/mol. The van der Waals surface area contributed by atoms with Gasteiger partial charge in [0.25, 0.3) is 0 Å². The summed E-state index contributed by atoms with van der Waals surface area (Å²) < 4.78 is 64.7. The SMILES string of the molecule is O=C(O)C(F)(F)F.O=C(O)[CH2][Cu]([F])([F])[F]. The average Bonchev–Trinajstić information content (AvgIpc) is 1.78. The number of carboxylic acid groups (broad SMARTS) is 2. The topological polar surface area (TPSA) is 74.6 Å². The van der Waals surface area contributed by atoms with Crippen molar-refractivity contribution < 1.29 is 57.8 Å². The first-order valence-electron chi connectivity index (χ1n) is 2.58. The van der Waals surface area contributed by atoms with Gasteiger partial charge in [0, 0.05) is 0 Å². The van der Waals surface area contributed by atoms with E-state index in [2.05, 4.69) is 0 Å². The minimum absolute atomic E-state index is 1.68. The zero-order valence-corrected chi connectivity index (χ0v) is 7.43. The Hall–Kier alpha value is -0.961. The molecule has 0 aliphatic heterocycles. The van der Waals surface area contributed by atoms with Crippen LogP contribution in [0.5, 0.6) is 0 Å². The van der Waals surface area contributed by atoms with Crippen LogP contribution in [0.2, 0.25) is 5.32 Å². The van der Waals surface area contributed by atoms with E-state index in [-0.39, 0.29) is 0 Å². The fourth-order valence-corrected chi connectivity index (χ4v) is 0.426. The van der Waals surface area contributed by atoms with Gasteiger partial charge >= 0.3 is 58.2 Å². The van der Waals surface area contributed by atoms with Gasteiger partial charge in [0.1, 0.15) is 0 Å². The van der Waals surface area contributed by atoms with Gasteiger partial charge in [0.05, 0.1) is 0 Å². The summed E-state index contributed by atoms with van der Waals surface area (Å²) in [5, 5.41) is 13.0. The van der Waals surface area contributed by atoms with E-state index in [1.54, 1.807) is 0 Å².